The molecule has 0 aliphatic heterocycles. The second-order valence-electron chi connectivity index (χ2n) is 12.9. The van der Waals surface area contributed by atoms with E-state index in [4.69, 9.17) is 9.47 Å². The predicted octanol–water partition coefficient (Wildman–Crippen LogP) is 5.98. The van der Waals surface area contributed by atoms with Crippen molar-refractivity contribution >= 4 is 46.2 Å². The second-order valence-corrected chi connectivity index (χ2v) is 13.9. The Morgan fingerprint density at radius 1 is 0.824 bits per heavy atom. The number of ether oxygens (including phenoxy) is 2. The van der Waals surface area contributed by atoms with Gasteiger partial charge in [0.25, 0.3) is 0 Å². The van der Waals surface area contributed by atoms with Crippen LogP contribution in [0.1, 0.15) is 80.8 Å². The lowest BCUT2D eigenvalue weighted by atomic mass is 10.1. The van der Waals surface area contributed by atoms with Crippen LogP contribution in [0.5, 0.6) is 0 Å². The third-order valence-corrected chi connectivity index (χ3v) is 8.25. The van der Waals surface area contributed by atoms with Crippen molar-refractivity contribution in [3.8, 4) is 0 Å². The zero-order valence-electron chi connectivity index (χ0n) is 29.5. The molecule has 2 aromatic heterocycles. The van der Waals surface area contributed by atoms with Crippen LogP contribution >= 0.6 is 11.3 Å². The summed E-state index contributed by atoms with van der Waals surface area (Å²) in [5.41, 5.74) is 2.65. The minimum absolute atomic E-state index is 0.0249. The fourth-order valence-corrected chi connectivity index (χ4v) is 5.71. The summed E-state index contributed by atoms with van der Waals surface area (Å²) in [7, 11) is 0. The maximum absolute atomic E-state index is 13.6. The van der Waals surface area contributed by atoms with Gasteiger partial charge in [-0.3, -0.25) is 19.3 Å². The third kappa shape index (κ3) is 13.9. The van der Waals surface area contributed by atoms with E-state index in [9.17, 15) is 19.2 Å². The topological polar surface area (TPSA) is 166 Å². The number of nitrogens with one attached hydrogen (secondary N) is 2. The van der Waals surface area contributed by atoms with Crippen molar-refractivity contribution in [2.24, 2.45) is 0 Å². The van der Waals surface area contributed by atoms with Crippen molar-refractivity contribution in [2.45, 2.75) is 91.2 Å². The number of unbranched alkanes of at least 4 members (excludes halogenated alkanes) is 1. The Labute approximate surface area is 302 Å². The minimum Gasteiger partial charge on any atom is -0.444 e. The molecule has 0 aliphatic rings. The summed E-state index contributed by atoms with van der Waals surface area (Å²) in [5.74, 6) is -0.458. The number of benzene rings is 2. The molecule has 4 aromatic rings. The highest BCUT2D eigenvalue weighted by Crippen LogP contribution is 2.23. The summed E-state index contributed by atoms with van der Waals surface area (Å²) < 4.78 is 10.7. The lowest BCUT2D eigenvalue weighted by Crippen LogP contribution is -2.35. The summed E-state index contributed by atoms with van der Waals surface area (Å²) in [5, 5.41) is 23.5. The average molecular weight is 716 g/mol. The van der Waals surface area contributed by atoms with E-state index in [-0.39, 0.29) is 44.4 Å². The van der Waals surface area contributed by atoms with E-state index < -0.39 is 17.7 Å². The van der Waals surface area contributed by atoms with Gasteiger partial charge in [-0.15, -0.1) is 15.3 Å². The molecule has 3 amide bonds. The fourth-order valence-electron chi connectivity index (χ4n) is 4.82. The lowest BCUT2D eigenvalue weighted by molar-refractivity contribution is -0.144. The highest BCUT2D eigenvalue weighted by atomic mass is 32.1. The summed E-state index contributed by atoms with van der Waals surface area (Å²) in [4.78, 5) is 51.5. The molecule has 0 radical (unpaired) electrons. The highest BCUT2D eigenvalue weighted by molar-refractivity contribution is 7.15. The Hall–Kier alpha value is -5.24. The van der Waals surface area contributed by atoms with Crippen LogP contribution in [-0.2, 0) is 56.1 Å². The normalized spacial score (nSPS) is 11.1. The number of hydrogen-bond donors (Lipinski definition) is 2. The van der Waals surface area contributed by atoms with Gasteiger partial charge in [-0.2, -0.15) is 5.10 Å². The summed E-state index contributed by atoms with van der Waals surface area (Å²) in [6, 6.07) is 20.4. The smallest absolute Gasteiger partial charge is 0.407 e. The molecule has 0 fully saturated rings. The van der Waals surface area contributed by atoms with E-state index in [0.29, 0.717) is 30.2 Å². The molecule has 270 valence electrons. The van der Waals surface area contributed by atoms with Gasteiger partial charge in [0.15, 0.2) is 12.5 Å². The van der Waals surface area contributed by atoms with Gasteiger partial charge >= 0.3 is 12.1 Å². The summed E-state index contributed by atoms with van der Waals surface area (Å²) in [6.45, 7) is 7.22. The van der Waals surface area contributed by atoms with Crippen LogP contribution in [0.15, 0.2) is 66.7 Å². The van der Waals surface area contributed by atoms with Gasteiger partial charge in [-0.25, -0.2) is 4.79 Å². The lowest BCUT2D eigenvalue weighted by Gasteiger charge is -2.20. The average Bonchev–Trinajstić information content (AvgIpc) is 3.55. The van der Waals surface area contributed by atoms with Crippen molar-refractivity contribution in [3.05, 3.63) is 94.1 Å². The molecule has 0 atom stereocenters. The third-order valence-electron chi connectivity index (χ3n) is 7.25. The number of carbonyl (C=O) groups excluding carboxylic acids is 4. The van der Waals surface area contributed by atoms with E-state index in [1.54, 1.807) is 26.8 Å². The Morgan fingerprint density at radius 2 is 1.57 bits per heavy atom. The molecule has 4 rings (SSSR count). The van der Waals surface area contributed by atoms with Crippen LogP contribution in [0.25, 0.3) is 0 Å². The number of alkyl carbamates (subject to hydrolysis) is 1. The second kappa shape index (κ2) is 19.2. The number of esters is 1. The number of aromatic nitrogens is 4. The van der Waals surface area contributed by atoms with Crippen LogP contribution in [0.2, 0.25) is 0 Å². The molecule has 51 heavy (non-hydrogen) atoms. The summed E-state index contributed by atoms with van der Waals surface area (Å²) in [6.07, 6.45) is 3.59. The first-order valence-electron chi connectivity index (χ1n) is 17.0. The van der Waals surface area contributed by atoms with Crippen LogP contribution in [0, 0.1) is 0 Å². The molecule has 0 saturated heterocycles. The maximum atomic E-state index is 13.6. The molecule has 2 heterocycles. The maximum Gasteiger partial charge on any atom is 0.407 e. The zero-order valence-corrected chi connectivity index (χ0v) is 30.3. The number of aryl methyl sites for hydroxylation is 2. The number of rotatable bonds is 17. The number of nitrogens with zero attached hydrogens (tertiary/aromatic N) is 5. The van der Waals surface area contributed by atoms with Gasteiger partial charge in [-0.1, -0.05) is 72.9 Å². The first-order chi connectivity index (χ1) is 24.5. The first kappa shape index (κ1) is 38.6. The Morgan fingerprint density at radius 3 is 2.29 bits per heavy atom. The highest BCUT2D eigenvalue weighted by Gasteiger charge is 2.23. The molecule has 2 N–H and O–H groups in total. The van der Waals surface area contributed by atoms with Crippen molar-refractivity contribution in [2.75, 3.05) is 16.9 Å². The van der Waals surface area contributed by atoms with Crippen LogP contribution in [-0.4, -0.2) is 56.6 Å². The van der Waals surface area contributed by atoms with E-state index in [2.05, 4.69) is 31.0 Å². The van der Waals surface area contributed by atoms with Gasteiger partial charge < -0.3 is 20.1 Å². The molecule has 0 bridgehead atoms. The molecule has 0 aliphatic carbocycles. The quantitative estimate of drug-likeness (QED) is 0.0755. The van der Waals surface area contributed by atoms with E-state index >= 15 is 0 Å². The molecular weight excluding hydrogens is 671 g/mol. The first-order valence-corrected chi connectivity index (χ1v) is 17.8. The van der Waals surface area contributed by atoms with Gasteiger partial charge in [0, 0.05) is 19.4 Å². The molecule has 0 spiro atoms. The molecule has 0 unspecified atom stereocenters. The van der Waals surface area contributed by atoms with E-state index in [1.807, 2.05) is 67.6 Å². The fraction of sp³-hybridized carbons (Fsp3) is 0.405. The molecule has 14 heteroatoms. The number of amides is 3. The Kier molecular flexibility index (Phi) is 14.5. The Bertz CT molecular complexity index is 1740. The van der Waals surface area contributed by atoms with Crippen molar-refractivity contribution in [1.29, 1.82) is 0 Å². The SMILES string of the molecule is CCCC(=O)OCN(C(=O)Cc1cccc(CNC(=O)OC(C)(C)C)c1)c1nnc(CCCCc2ccc(NC(=O)Cc3ccccc3)nn2)s1. The molecular formula is C37H45N7O6S. The zero-order chi connectivity index (χ0) is 36.6. The van der Waals surface area contributed by atoms with Crippen molar-refractivity contribution < 1.29 is 28.7 Å². The van der Waals surface area contributed by atoms with Gasteiger partial charge in [-0.05, 0) is 75.3 Å². The standard InChI is InChI=1S/C37H45N7O6S/c1-5-12-34(47)49-25-44(33(46)23-27-15-11-16-28(21-27)24-38-36(48)50-37(2,3)4)35-43-42-32(51-35)18-10-9-17-29-19-20-30(41-40-29)39-31(45)22-26-13-7-6-8-14-26/h6-8,11,13-16,19-21H,5,9-10,12,17-18,22-25H2,1-4H3,(H,38,48)(H,39,41,45). The van der Waals surface area contributed by atoms with Crippen LogP contribution in [0.4, 0.5) is 15.7 Å². The Balaban J connectivity index is 1.29. The van der Waals surface area contributed by atoms with Crippen molar-refractivity contribution in [1.82, 2.24) is 25.7 Å². The van der Waals surface area contributed by atoms with Crippen molar-refractivity contribution in [3.63, 3.8) is 0 Å². The predicted molar refractivity (Wildman–Crippen MR) is 194 cm³/mol. The van der Waals surface area contributed by atoms with E-state index in [0.717, 1.165) is 40.2 Å². The molecule has 13 nitrogen and oxygen atoms in total. The largest absolute Gasteiger partial charge is 0.444 e. The van der Waals surface area contributed by atoms with Crippen LogP contribution < -0.4 is 15.5 Å². The van der Waals surface area contributed by atoms with Gasteiger partial charge in [0.05, 0.1) is 18.5 Å². The monoisotopic (exact) mass is 715 g/mol. The number of anilines is 2. The number of carbonyl (C=O) groups is 4. The van der Waals surface area contributed by atoms with Gasteiger partial charge in [0.2, 0.25) is 16.9 Å². The summed E-state index contributed by atoms with van der Waals surface area (Å²) >= 11 is 1.28. The molecule has 2 aromatic carbocycles. The molecule has 0 saturated carbocycles. The van der Waals surface area contributed by atoms with E-state index in [1.165, 1.54) is 16.2 Å². The van der Waals surface area contributed by atoms with Crippen LogP contribution in [0.3, 0.4) is 0 Å². The number of hydrogen-bond acceptors (Lipinski definition) is 11. The minimum atomic E-state index is -0.610. The van der Waals surface area contributed by atoms with Gasteiger partial charge in [0.1, 0.15) is 10.6 Å².